The Hall–Kier alpha value is -3.96. The summed E-state index contributed by atoms with van der Waals surface area (Å²) in [5, 5.41) is 6.84. The standard InChI is InChI=1S/C28H35F2N5O5/c1-6-38-26(36)21-15-32-35-12-10-24(33-25(21)35)34-16-19(30)14-22(34)20-13-18(29)7-8-23(20)39-17(2)9-11-31-27(37)40-28(3,4)5/h7-8,10,12-13,15,17,19,22H,6,9,11,14,16H2,1-5H3,(H,31,37)/t17-,19-,22+/m0/s1. The lowest BCUT2D eigenvalue weighted by atomic mass is 10.0. The predicted octanol–water partition coefficient (Wildman–Crippen LogP) is 5.02. The number of rotatable bonds is 9. The molecule has 0 unspecified atom stereocenters. The van der Waals surface area contributed by atoms with Crippen LogP contribution >= 0.6 is 0 Å². The minimum atomic E-state index is -1.19. The highest BCUT2D eigenvalue weighted by Gasteiger charge is 2.36. The molecule has 1 fully saturated rings. The van der Waals surface area contributed by atoms with E-state index < -0.39 is 35.7 Å². The second kappa shape index (κ2) is 12.1. The number of anilines is 1. The summed E-state index contributed by atoms with van der Waals surface area (Å²) in [7, 11) is 0. The number of aromatic nitrogens is 3. The maximum atomic E-state index is 14.9. The first-order valence-electron chi connectivity index (χ1n) is 13.3. The Morgan fingerprint density at radius 2 is 2.02 bits per heavy atom. The number of carbonyl (C=O) groups excluding carboxylic acids is 2. The minimum Gasteiger partial charge on any atom is -0.490 e. The van der Waals surface area contributed by atoms with Crippen molar-refractivity contribution in [3.05, 3.63) is 53.6 Å². The molecule has 1 saturated heterocycles. The molecule has 3 aromatic rings. The number of hydrogen-bond acceptors (Lipinski definition) is 8. The third kappa shape index (κ3) is 6.97. The fraction of sp³-hybridized carbons (Fsp3) is 0.500. The highest BCUT2D eigenvalue weighted by molar-refractivity contribution is 5.95. The quantitative estimate of drug-likeness (QED) is 0.365. The Bertz CT molecular complexity index is 1360. The molecular formula is C28H35F2N5O5. The third-order valence-electron chi connectivity index (χ3n) is 6.27. The van der Waals surface area contributed by atoms with Crippen LogP contribution in [0.15, 0.2) is 36.7 Å². The number of alkyl halides is 1. The molecular weight excluding hydrogens is 524 g/mol. The minimum absolute atomic E-state index is 0.0298. The Morgan fingerprint density at radius 3 is 2.75 bits per heavy atom. The highest BCUT2D eigenvalue weighted by Crippen LogP contribution is 2.41. The maximum Gasteiger partial charge on any atom is 0.407 e. The lowest BCUT2D eigenvalue weighted by Crippen LogP contribution is -2.34. The van der Waals surface area contributed by atoms with Crippen LogP contribution in [-0.2, 0) is 9.47 Å². The van der Waals surface area contributed by atoms with Crippen LogP contribution in [0.25, 0.3) is 5.65 Å². The molecule has 3 atom stereocenters. The van der Waals surface area contributed by atoms with Gasteiger partial charge in [-0.1, -0.05) is 0 Å². The van der Waals surface area contributed by atoms with Crippen molar-refractivity contribution in [2.75, 3.05) is 24.6 Å². The molecule has 0 spiro atoms. The van der Waals surface area contributed by atoms with Crippen molar-refractivity contribution in [2.45, 2.75) is 71.4 Å². The Kier molecular flexibility index (Phi) is 8.75. The number of nitrogens with zero attached hydrogens (tertiary/aromatic N) is 4. The number of benzene rings is 1. The summed E-state index contributed by atoms with van der Waals surface area (Å²) in [6.07, 6.45) is 1.52. The summed E-state index contributed by atoms with van der Waals surface area (Å²) in [6, 6.07) is 5.26. The van der Waals surface area contributed by atoms with Crippen LogP contribution in [0.5, 0.6) is 5.75 Å². The summed E-state index contributed by atoms with van der Waals surface area (Å²) in [6.45, 7) is 9.43. The lowest BCUT2D eigenvalue weighted by molar-refractivity contribution is 0.0513. The van der Waals surface area contributed by atoms with Crippen molar-refractivity contribution in [1.82, 2.24) is 19.9 Å². The topological polar surface area (TPSA) is 107 Å². The van der Waals surface area contributed by atoms with Crippen molar-refractivity contribution in [2.24, 2.45) is 0 Å². The summed E-state index contributed by atoms with van der Waals surface area (Å²) in [4.78, 5) is 30.6. The van der Waals surface area contributed by atoms with Crippen molar-refractivity contribution in [3.63, 3.8) is 0 Å². The van der Waals surface area contributed by atoms with E-state index in [9.17, 15) is 18.4 Å². The normalized spacial score (nSPS) is 18.0. The van der Waals surface area contributed by atoms with E-state index in [2.05, 4.69) is 15.4 Å². The van der Waals surface area contributed by atoms with Crippen LogP contribution in [0.1, 0.15) is 69.4 Å². The molecule has 0 bridgehead atoms. The number of carbonyl (C=O) groups is 2. The second-order valence-electron chi connectivity index (χ2n) is 10.7. The molecule has 1 amide bonds. The van der Waals surface area contributed by atoms with Gasteiger partial charge in [0.2, 0.25) is 0 Å². The van der Waals surface area contributed by atoms with Crippen LogP contribution in [0, 0.1) is 5.82 Å². The monoisotopic (exact) mass is 559 g/mol. The van der Waals surface area contributed by atoms with Gasteiger partial charge in [-0.2, -0.15) is 5.10 Å². The van der Waals surface area contributed by atoms with Gasteiger partial charge in [0.15, 0.2) is 5.65 Å². The molecule has 1 aromatic carbocycles. The molecule has 1 aliphatic rings. The fourth-order valence-corrected chi connectivity index (χ4v) is 4.56. The van der Waals surface area contributed by atoms with Gasteiger partial charge in [0.05, 0.1) is 31.5 Å². The molecule has 216 valence electrons. The van der Waals surface area contributed by atoms with Crippen LogP contribution in [0.3, 0.4) is 0 Å². The Morgan fingerprint density at radius 1 is 1.25 bits per heavy atom. The number of amides is 1. The van der Waals surface area contributed by atoms with E-state index in [1.54, 1.807) is 44.9 Å². The first-order valence-corrected chi connectivity index (χ1v) is 13.3. The molecule has 0 radical (unpaired) electrons. The molecule has 3 heterocycles. The first kappa shape index (κ1) is 29.0. The summed E-state index contributed by atoms with van der Waals surface area (Å²) in [5.74, 6) is -0.214. The second-order valence-corrected chi connectivity index (χ2v) is 10.7. The van der Waals surface area contributed by atoms with Gasteiger partial charge in [-0.25, -0.2) is 27.9 Å². The SMILES string of the molecule is CCOC(=O)c1cnn2ccc(N3C[C@@H](F)C[C@@H]3c3cc(F)ccc3O[C@@H](C)CCNC(=O)OC(C)(C)C)nc12. The van der Waals surface area contributed by atoms with E-state index >= 15 is 0 Å². The Balaban J connectivity index is 1.54. The average molecular weight is 560 g/mol. The van der Waals surface area contributed by atoms with Crippen molar-refractivity contribution in [3.8, 4) is 5.75 Å². The van der Waals surface area contributed by atoms with Crippen molar-refractivity contribution < 1.29 is 32.6 Å². The zero-order valence-corrected chi connectivity index (χ0v) is 23.3. The first-order chi connectivity index (χ1) is 18.9. The summed E-state index contributed by atoms with van der Waals surface area (Å²) in [5.41, 5.74) is 0.348. The number of alkyl carbamates (subject to hydrolysis) is 1. The molecule has 0 saturated carbocycles. The van der Waals surface area contributed by atoms with Gasteiger partial charge in [0.25, 0.3) is 0 Å². The zero-order valence-electron chi connectivity index (χ0n) is 23.3. The van der Waals surface area contributed by atoms with E-state index in [-0.39, 0.29) is 36.9 Å². The maximum absolute atomic E-state index is 14.9. The van der Waals surface area contributed by atoms with Crippen LogP contribution in [0.4, 0.5) is 19.4 Å². The average Bonchev–Trinajstić information content (AvgIpc) is 3.47. The summed E-state index contributed by atoms with van der Waals surface area (Å²) >= 11 is 0. The van der Waals surface area contributed by atoms with Crippen LogP contribution in [-0.4, -0.2) is 64.2 Å². The molecule has 2 aromatic heterocycles. The number of nitrogens with one attached hydrogen (secondary N) is 1. The number of hydrogen-bond donors (Lipinski definition) is 1. The molecule has 10 nitrogen and oxygen atoms in total. The molecule has 1 N–H and O–H groups in total. The molecule has 1 aliphatic heterocycles. The van der Waals surface area contributed by atoms with Crippen molar-refractivity contribution >= 4 is 23.5 Å². The number of fused-ring (bicyclic) bond motifs is 1. The molecule has 40 heavy (non-hydrogen) atoms. The van der Waals surface area contributed by atoms with E-state index in [4.69, 9.17) is 14.2 Å². The third-order valence-corrected chi connectivity index (χ3v) is 6.27. The van der Waals surface area contributed by atoms with Crippen LogP contribution < -0.4 is 15.0 Å². The van der Waals surface area contributed by atoms with Crippen LogP contribution in [0.2, 0.25) is 0 Å². The van der Waals surface area contributed by atoms with Gasteiger partial charge in [0.1, 0.15) is 34.7 Å². The number of halogens is 2. The van der Waals surface area contributed by atoms with E-state index in [1.807, 2.05) is 6.92 Å². The van der Waals surface area contributed by atoms with Crippen molar-refractivity contribution in [1.29, 1.82) is 0 Å². The zero-order chi connectivity index (χ0) is 29.0. The van der Waals surface area contributed by atoms with Gasteiger partial charge in [-0.3, -0.25) is 0 Å². The fourth-order valence-electron chi connectivity index (χ4n) is 4.56. The molecule has 0 aliphatic carbocycles. The number of esters is 1. The summed E-state index contributed by atoms with van der Waals surface area (Å²) < 4.78 is 47.3. The predicted molar refractivity (Wildman–Crippen MR) is 144 cm³/mol. The largest absolute Gasteiger partial charge is 0.490 e. The van der Waals surface area contributed by atoms with E-state index in [1.165, 1.54) is 28.9 Å². The van der Waals surface area contributed by atoms with Gasteiger partial charge < -0.3 is 24.4 Å². The number of ether oxygens (including phenoxy) is 3. The highest BCUT2D eigenvalue weighted by atomic mass is 19.1. The smallest absolute Gasteiger partial charge is 0.407 e. The van der Waals surface area contributed by atoms with Gasteiger partial charge >= 0.3 is 12.1 Å². The van der Waals surface area contributed by atoms with Gasteiger partial charge in [-0.15, -0.1) is 0 Å². The lowest BCUT2D eigenvalue weighted by Gasteiger charge is -2.28. The van der Waals surface area contributed by atoms with E-state index in [0.717, 1.165) is 0 Å². The van der Waals surface area contributed by atoms with Gasteiger partial charge in [0, 0.05) is 31.1 Å². The Labute approximate surface area is 231 Å². The van der Waals surface area contributed by atoms with E-state index in [0.29, 0.717) is 30.1 Å². The van der Waals surface area contributed by atoms with Gasteiger partial charge in [-0.05, 0) is 58.9 Å². The molecule has 4 rings (SSSR count). The molecule has 12 heteroatoms.